The number of halogens is 1. The van der Waals surface area contributed by atoms with Crippen LogP contribution in [0.15, 0.2) is 28.7 Å². The molecule has 22 heavy (non-hydrogen) atoms. The molecule has 122 valence electrons. The van der Waals surface area contributed by atoms with Crippen molar-refractivity contribution in [3.63, 3.8) is 0 Å². The van der Waals surface area contributed by atoms with E-state index in [2.05, 4.69) is 33.1 Å². The number of nitrogens with one attached hydrogen (secondary N) is 1. The largest absolute Gasteiger partial charge is 0.484 e. The summed E-state index contributed by atoms with van der Waals surface area (Å²) < 4.78 is 6.41. The second-order valence-corrected chi connectivity index (χ2v) is 6.75. The summed E-state index contributed by atoms with van der Waals surface area (Å²) in [5, 5.41) is 2.92. The number of piperidine rings is 1. The number of rotatable bonds is 7. The average Bonchev–Trinajstić information content (AvgIpc) is 2.51. The van der Waals surface area contributed by atoms with Crippen LogP contribution in [-0.2, 0) is 4.79 Å². The fourth-order valence-corrected chi connectivity index (χ4v) is 3.13. The molecule has 2 rings (SSSR count). The highest BCUT2D eigenvalue weighted by molar-refractivity contribution is 9.10. The lowest BCUT2D eigenvalue weighted by Crippen LogP contribution is -2.39. The van der Waals surface area contributed by atoms with Crippen LogP contribution >= 0.6 is 15.9 Å². The number of likely N-dealkylation sites (tertiary alicyclic amines) is 1. The first-order valence-electron chi connectivity index (χ1n) is 8.04. The lowest BCUT2D eigenvalue weighted by atomic mass is 10.0. The summed E-state index contributed by atoms with van der Waals surface area (Å²) in [5.41, 5.74) is 0. The van der Waals surface area contributed by atoms with Gasteiger partial charge in [0.15, 0.2) is 6.61 Å². The molecule has 1 atom stereocenters. The summed E-state index contributed by atoms with van der Waals surface area (Å²) in [5.74, 6) is 0.637. The fourth-order valence-electron chi connectivity index (χ4n) is 2.76. The Bertz CT molecular complexity index is 481. The minimum Gasteiger partial charge on any atom is -0.484 e. The highest BCUT2D eigenvalue weighted by Gasteiger charge is 2.17. The lowest BCUT2D eigenvalue weighted by molar-refractivity contribution is -0.123. The molecule has 1 aromatic carbocycles. The molecule has 0 aliphatic carbocycles. The van der Waals surface area contributed by atoms with Crippen molar-refractivity contribution < 1.29 is 9.53 Å². The van der Waals surface area contributed by atoms with Gasteiger partial charge in [-0.1, -0.05) is 28.4 Å². The summed E-state index contributed by atoms with van der Waals surface area (Å²) in [7, 11) is 0. The molecule has 1 aliphatic rings. The van der Waals surface area contributed by atoms with Gasteiger partial charge in [-0.05, 0) is 50.9 Å². The number of carbonyl (C=O) groups excluding carboxylic acids is 1. The lowest BCUT2D eigenvalue weighted by Gasteiger charge is -2.33. The first kappa shape index (κ1) is 17.3. The highest BCUT2D eigenvalue weighted by Crippen LogP contribution is 2.17. The van der Waals surface area contributed by atoms with Crippen molar-refractivity contribution in [3.8, 4) is 5.75 Å². The standard InChI is InChI=1S/C17H25BrN2O2/c1-14-6-2-3-10-20(14)11-5-9-19-17(21)13-22-16-8-4-7-15(18)12-16/h4,7-8,12,14H,2-3,5-6,9-11,13H2,1H3,(H,19,21)/t14-/m1/s1. The maximum absolute atomic E-state index is 11.8. The first-order valence-corrected chi connectivity index (χ1v) is 8.83. The Balaban J connectivity index is 1.57. The zero-order valence-electron chi connectivity index (χ0n) is 13.2. The van der Waals surface area contributed by atoms with E-state index in [1.807, 2.05) is 24.3 Å². The van der Waals surface area contributed by atoms with E-state index in [9.17, 15) is 4.79 Å². The topological polar surface area (TPSA) is 41.6 Å². The molecule has 4 nitrogen and oxygen atoms in total. The van der Waals surface area contributed by atoms with Gasteiger partial charge in [-0.25, -0.2) is 0 Å². The Morgan fingerprint density at radius 2 is 2.32 bits per heavy atom. The van der Waals surface area contributed by atoms with Crippen LogP contribution in [-0.4, -0.2) is 43.1 Å². The Labute approximate surface area is 141 Å². The number of hydrogen-bond acceptors (Lipinski definition) is 3. The van der Waals surface area contributed by atoms with Crippen LogP contribution in [0.5, 0.6) is 5.75 Å². The zero-order valence-corrected chi connectivity index (χ0v) is 14.8. The molecule has 1 heterocycles. The van der Waals surface area contributed by atoms with E-state index in [0.717, 1.165) is 17.4 Å². The van der Waals surface area contributed by atoms with E-state index in [0.29, 0.717) is 18.3 Å². The maximum atomic E-state index is 11.8. The van der Waals surface area contributed by atoms with Crippen molar-refractivity contribution in [2.45, 2.75) is 38.6 Å². The van der Waals surface area contributed by atoms with Gasteiger partial charge in [0, 0.05) is 23.6 Å². The molecule has 1 aliphatic heterocycles. The number of ether oxygens (including phenoxy) is 1. The predicted octanol–water partition coefficient (Wildman–Crippen LogP) is 3.21. The van der Waals surface area contributed by atoms with Crippen LogP contribution in [0.1, 0.15) is 32.6 Å². The Morgan fingerprint density at radius 3 is 3.09 bits per heavy atom. The van der Waals surface area contributed by atoms with E-state index >= 15 is 0 Å². The van der Waals surface area contributed by atoms with Crippen LogP contribution in [0, 0.1) is 0 Å². The van der Waals surface area contributed by atoms with Gasteiger partial charge in [0.1, 0.15) is 5.75 Å². The molecular weight excluding hydrogens is 344 g/mol. The normalized spacial score (nSPS) is 18.9. The summed E-state index contributed by atoms with van der Waals surface area (Å²) in [4.78, 5) is 14.3. The Kier molecular flexibility index (Phi) is 7.19. The molecule has 1 fully saturated rings. The highest BCUT2D eigenvalue weighted by atomic mass is 79.9. The molecule has 0 saturated carbocycles. The van der Waals surface area contributed by atoms with Gasteiger partial charge >= 0.3 is 0 Å². The van der Waals surface area contributed by atoms with E-state index in [1.165, 1.54) is 25.8 Å². The summed E-state index contributed by atoms with van der Waals surface area (Å²) in [6.07, 6.45) is 4.94. The molecule has 0 spiro atoms. The van der Waals surface area contributed by atoms with Crippen LogP contribution < -0.4 is 10.1 Å². The van der Waals surface area contributed by atoms with Crippen molar-refractivity contribution in [3.05, 3.63) is 28.7 Å². The van der Waals surface area contributed by atoms with Gasteiger partial charge in [0.25, 0.3) is 5.91 Å². The minimum absolute atomic E-state index is 0.0633. The van der Waals surface area contributed by atoms with Crippen LogP contribution in [0.2, 0.25) is 0 Å². The van der Waals surface area contributed by atoms with E-state index in [-0.39, 0.29) is 12.5 Å². The first-order chi connectivity index (χ1) is 10.6. The molecule has 0 aromatic heterocycles. The van der Waals surface area contributed by atoms with Gasteiger partial charge in [0.05, 0.1) is 0 Å². The number of carbonyl (C=O) groups is 1. The van der Waals surface area contributed by atoms with E-state index < -0.39 is 0 Å². The second kappa shape index (κ2) is 9.16. The van der Waals surface area contributed by atoms with E-state index in [1.54, 1.807) is 0 Å². The molecule has 0 radical (unpaired) electrons. The average molecular weight is 369 g/mol. The van der Waals surface area contributed by atoms with Crippen LogP contribution in [0.4, 0.5) is 0 Å². The third kappa shape index (κ3) is 5.97. The van der Waals surface area contributed by atoms with Crippen molar-refractivity contribution in [1.82, 2.24) is 10.2 Å². The fraction of sp³-hybridized carbons (Fsp3) is 0.588. The molecule has 5 heteroatoms. The van der Waals surface area contributed by atoms with Gasteiger partial charge in [-0.3, -0.25) is 4.79 Å². The molecule has 0 unspecified atom stereocenters. The summed E-state index contributed by atoms with van der Waals surface area (Å²) in [6.45, 7) is 5.33. The van der Waals surface area contributed by atoms with Crippen molar-refractivity contribution in [1.29, 1.82) is 0 Å². The number of amides is 1. The van der Waals surface area contributed by atoms with Gasteiger partial charge in [0.2, 0.25) is 0 Å². The van der Waals surface area contributed by atoms with Gasteiger partial charge in [-0.15, -0.1) is 0 Å². The Morgan fingerprint density at radius 1 is 1.45 bits per heavy atom. The monoisotopic (exact) mass is 368 g/mol. The van der Waals surface area contributed by atoms with Crippen LogP contribution in [0.3, 0.4) is 0 Å². The van der Waals surface area contributed by atoms with E-state index in [4.69, 9.17) is 4.74 Å². The van der Waals surface area contributed by atoms with Crippen molar-refractivity contribution >= 4 is 21.8 Å². The number of hydrogen-bond donors (Lipinski definition) is 1. The summed E-state index contributed by atoms with van der Waals surface area (Å²) >= 11 is 3.38. The van der Waals surface area contributed by atoms with Crippen molar-refractivity contribution in [2.24, 2.45) is 0 Å². The molecule has 1 saturated heterocycles. The van der Waals surface area contributed by atoms with Crippen molar-refractivity contribution in [2.75, 3.05) is 26.2 Å². The zero-order chi connectivity index (χ0) is 15.8. The predicted molar refractivity (Wildman–Crippen MR) is 92.1 cm³/mol. The minimum atomic E-state index is -0.0633. The maximum Gasteiger partial charge on any atom is 0.257 e. The van der Waals surface area contributed by atoms with Gasteiger partial charge < -0.3 is 15.0 Å². The van der Waals surface area contributed by atoms with Crippen LogP contribution in [0.25, 0.3) is 0 Å². The molecule has 0 bridgehead atoms. The SMILES string of the molecule is C[C@@H]1CCCCN1CCCNC(=O)COc1cccc(Br)c1. The smallest absolute Gasteiger partial charge is 0.257 e. The quantitative estimate of drug-likeness (QED) is 0.751. The molecule has 1 aromatic rings. The third-order valence-electron chi connectivity index (χ3n) is 4.05. The molecule has 1 amide bonds. The Hall–Kier alpha value is -1.07. The molecule has 1 N–H and O–H groups in total. The third-order valence-corrected chi connectivity index (χ3v) is 4.54. The van der Waals surface area contributed by atoms with Gasteiger partial charge in [-0.2, -0.15) is 0 Å². The summed E-state index contributed by atoms with van der Waals surface area (Å²) in [6, 6.07) is 8.19. The molecular formula is C17H25BrN2O2. The second-order valence-electron chi connectivity index (χ2n) is 5.83. The number of nitrogens with zero attached hydrogens (tertiary/aromatic N) is 1. The number of benzene rings is 1.